The predicted octanol–water partition coefficient (Wildman–Crippen LogP) is 1.82. The molecule has 0 spiro atoms. The zero-order valence-corrected chi connectivity index (χ0v) is 9.33. The molecule has 3 heteroatoms. The van der Waals surface area contributed by atoms with Crippen LogP contribution in [0.25, 0.3) is 0 Å². The quantitative estimate of drug-likeness (QED) is 0.658. The van der Waals surface area contributed by atoms with Gasteiger partial charge in [-0.05, 0) is 34.4 Å². The maximum absolute atomic E-state index is 3.91. The molecule has 0 amide bonds. The van der Waals surface area contributed by atoms with Gasteiger partial charge in [-0.2, -0.15) is 0 Å². The SMILES string of the molecule is C=N/C(=C\N(C)C(C)C)NC(C)C. The van der Waals surface area contributed by atoms with Crippen molar-refractivity contribution in [2.75, 3.05) is 7.05 Å². The highest BCUT2D eigenvalue weighted by molar-refractivity contribution is 5.28. The van der Waals surface area contributed by atoms with E-state index in [0.717, 1.165) is 5.82 Å². The summed E-state index contributed by atoms with van der Waals surface area (Å²) < 4.78 is 0. The number of rotatable bonds is 5. The Morgan fingerprint density at radius 1 is 1.38 bits per heavy atom. The molecule has 0 radical (unpaired) electrons. The molecular weight excluding hydrogens is 162 g/mol. The van der Waals surface area contributed by atoms with Crippen LogP contribution < -0.4 is 5.32 Å². The Labute approximate surface area is 81.5 Å². The number of hydrogen-bond donors (Lipinski definition) is 1. The third kappa shape index (κ3) is 5.28. The Kier molecular flexibility index (Phi) is 5.19. The Balaban J connectivity index is 4.29. The van der Waals surface area contributed by atoms with Crippen LogP contribution >= 0.6 is 0 Å². The van der Waals surface area contributed by atoms with Crippen LogP contribution in [-0.4, -0.2) is 30.7 Å². The van der Waals surface area contributed by atoms with Gasteiger partial charge in [-0.1, -0.05) is 0 Å². The highest BCUT2D eigenvalue weighted by Crippen LogP contribution is 2.00. The molecule has 0 rings (SSSR count). The first kappa shape index (κ1) is 12.0. The fourth-order valence-electron chi connectivity index (χ4n) is 0.761. The second-order valence-electron chi connectivity index (χ2n) is 3.73. The van der Waals surface area contributed by atoms with Gasteiger partial charge in [0.15, 0.2) is 0 Å². The topological polar surface area (TPSA) is 27.6 Å². The van der Waals surface area contributed by atoms with Crippen LogP contribution in [0.2, 0.25) is 0 Å². The molecular formula is C10H21N3. The van der Waals surface area contributed by atoms with Gasteiger partial charge < -0.3 is 10.2 Å². The van der Waals surface area contributed by atoms with E-state index >= 15 is 0 Å². The van der Waals surface area contributed by atoms with E-state index in [0.29, 0.717) is 12.1 Å². The van der Waals surface area contributed by atoms with E-state index in [9.17, 15) is 0 Å². The predicted molar refractivity (Wildman–Crippen MR) is 58.8 cm³/mol. The van der Waals surface area contributed by atoms with E-state index in [1.165, 1.54) is 0 Å². The molecule has 0 aliphatic carbocycles. The number of hydrogen-bond acceptors (Lipinski definition) is 3. The number of nitrogens with one attached hydrogen (secondary N) is 1. The van der Waals surface area contributed by atoms with Gasteiger partial charge in [-0.15, -0.1) is 0 Å². The average molecular weight is 183 g/mol. The zero-order valence-electron chi connectivity index (χ0n) is 9.33. The minimum absolute atomic E-state index is 0.386. The van der Waals surface area contributed by atoms with E-state index in [1.807, 2.05) is 13.2 Å². The molecule has 0 heterocycles. The standard InChI is InChI=1S/C10H21N3/c1-8(2)12-10(11-5)7-13(6)9(3)4/h7-9,12H,5H2,1-4,6H3/b10-7+. The van der Waals surface area contributed by atoms with Crippen LogP contribution in [0.3, 0.4) is 0 Å². The summed E-state index contributed by atoms with van der Waals surface area (Å²) in [5.41, 5.74) is 0. The van der Waals surface area contributed by atoms with Crippen molar-refractivity contribution < 1.29 is 0 Å². The summed E-state index contributed by atoms with van der Waals surface area (Å²) >= 11 is 0. The van der Waals surface area contributed by atoms with Crippen molar-refractivity contribution in [2.45, 2.75) is 39.8 Å². The Hall–Kier alpha value is -0.990. The van der Waals surface area contributed by atoms with E-state index in [1.54, 1.807) is 0 Å². The molecule has 0 bridgehead atoms. The molecule has 0 atom stereocenters. The van der Waals surface area contributed by atoms with Crippen molar-refractivity contribution in [3.05, 3.63) is 12.0 Å². The molecule has 0 saturated carbocycles. The summed E-state index contributed by atoms with van der Waals surface area (Å²) in [6, 6.07) is 0.864. The summed E-state index contributed by atoms with van der Waals surface area (Å²) in [7, 11) is 2.03. The second-order valence-corrected chi connectivity index (χ2v) is 3.73. The minimum atomic E-state index is 0.386. The summed E-state index contributed by atoms with van der Waals surface area (Å²) in [5, 5.41) is 3.21. The highest BCUT2D eigenvalue weighted by Gasteiger charge is 2.01. The summed E-state index contributed by atoms with van der Waals surface area (Å²) in [6.07, 6.45) is 1.97. The highest BCUT2D eigenvalue weighted by atomic mass is 15.1. The molecule has 0 aliphatic heterocycles. The van der Waals surface area contributed by atoms with Crippen LogP contribution in [0.4, 0.5) is 0 Å². The van der Waals surface area contributed by atoms with E-state index in [4.69, 9.17) is 0 Å². The first-order valence-corrected chi connectivity index (χ1v) is 4.64. The third-order valence-corrected chi connectivity index (χ3v) is 1.75. The Bertz CT molecular complexity index is 183. The van der Waals surface area contributed by atoms with Crippen molar-refractivity contribution in [1.82, 2.24) is 10.2 Å². The van der Waals surface area contributed by atoms with Crippen molar-refractivity contribution in [3.63, 3.8) is 0 Å². The van der Waals surface area contributed by atoms with E-state index in [2.05, 4.69) is 49.6 Å². The summed E-state index contributed by atoms with van der Waals surface area (Å²) in [6.45, 7) is 11.9. The molecule has 0 aromatic rings. The molecule has 76 valence electrons. The van der Waals surface area contributed by atoms with E-state index in [-0.39, 0.29) is 0 Å². The van der Waals surface area contributed by atoms with Crippen molar-refractivity contribution in [1.29, 1.82) is 0 Å². The average Bonchev–Trinajstić information content (AvgIpc) is 2.02. The van der Waals surface area contributed by atoms with Gasteiger partial charge in [0.25, 0.3) is 0 Å². The first-order valence-electron chi connectivity index (χ1n) is 4.64. The number of aliphatic imine (C=N–C) groups is 1. The van der Waals surface area contributed by atoms with Gasteiger partial charge in [0.05, 0.1) is 0 Å². The minimum Gasteiger partial charge on any atom is -0.375 e. The first-order chi connectivity index (χ1) is 5.97. The zero-order chi connectivity index (χ0) is 10.4. The van der Waals surface area contributed by atoms with Gasteiger partial charge in [0.2, 0.25) is 0 Å². The Morgan fingerprint density at radius 3 is 2.23 bits per heavy atom. The summed E-state index contributed by atoms with van der Waals surface area (Å²) in [4.78, 5) is 6.01. The molecule has 0 unspecified atom stereocenters. The molecule has 0 aromatic heterocycles. The molecule has 0 fully saturated rings. The van der Waals surface area contributed by atoms with Gasteiger partial charge in [-0.3, -0.25) is 0 Å². The molecule has 0 aromatic carbocycles. The Morgan fingerprint density at radius 2 is 1.92 bits per heavy atom. The molecule has 0 aliphatic rings. The fraction of sp³-hybridized carbons (Fsp3) is 0.700. The van der Waals surface area contributed by atoms with Gasteiger partial charge in [-0.25, -0.2) is 4.99 Å². The number of nitrogens with zero attached hydrogens (tertiary/aromatic N) is 2. The van der Waals surface area contributed by atoms with Gasteiger partial charge >= 0.3 is 0 Å². The van der Waals surface area contributed by atoms with Gasteiger partial charge in [0.1, 0.15) is 5.82 Å². The lowest BCUT2D eigenvalue weighted by atomic mass is 10.3. The molecule has 3 nitrogen and oxygen atoms in total. The van der Waals surface area contributed by atoms with Crippen molar-refractivity contribution >= 4 is 6.72 Å². The monoisotopic (exact) mass is 183 g/mol. The van der Waals surface area contributed by atoms with Gasteiger partial charge in [0, 0.05) is 25.3 Å². The third-order valence-electron chi connectivity index (χ3n) is 1.75. The lowest BCUT2D eigenvalue weighted by Gasteiger charge is -2.20. The van der Waals surface area contributed by atoms with Crippen molar-refractivity contribution in [3.8, 4) is 0 Å². The van der Waals surface area contributed by atoms with E-state index < -0.39 is 0 Å². The maximum Gasteiger partial charge on any atom is 0.141 e. The van der Waals surface area contributed by atoms with Crippen LogP contribution in [0.5, 0.6) is 0 Å². The maximum atomic E-state index is 3.91. The normalized spacial score (nSPS) is 12.1. The largest absolute Gasteiger partial charge is 0.375 e. The smallest absolute Gasteiger partial charge is 0.141 e. The fourth-order valence-corrected chi connectivity index (χ4v) is 0.761. The van der Waals surface area contributed by atoms with Crippen LogP contribution in [0.1, 0.15) is 27.7 Å². The molecule has 0 saturated heterocycles. The summed E-state index contributed by atoms with van der Waals surface area (Å²) in [5.74, 6) is 0.825. The lowest BCUT2D eigenvalue weighted by molar-refractivity contribution is 0.369. The lowest BCUT2D eigenvalue weighted by Crippen LogP contribution is -2.26. The van der Waals surface area contributed by atoms with Crippen LogP contribution in [-0.2, 0) is 0 Å². The molecule has 13 heavy (non-hydrogen) atoms. The second kappa shape index (κ2) is 5.62. The van der Waals surface area contributed by atoms with Crippen LogP contribution in [0, 0.1) is 0 Å². The van der Waals surface area contributed by atoms with Crippen molar-refractivity contribution in [2.24, 2.45) is 4.99 Å². The van der Waals surface area contributed by atoms with Crippen LogP contribution in [0.15, 0.2) is 17.0 Å². The molecule has 1 N–H and O–H groups in total.